The first-order valence-electron chi connectivity index (χ1n) is 5.74. The molecule has 3 unspecified atom stereocenters. The molecular formula is C13H21NOS. The molecule has 0 aliphatic heterocycles. The molecule has 2 nitrogen and oxygen atoms in total. The van der Waals surface area contributed by atoms with Crippen LogP contribution in [0.15, 0.2) is 29.2 Å². The topological polar surface area (TPSA) is 29.1 Å². The summed E-state index contributed by atoms with van der Waals surface area (Å²) in [6, 6.07) is 8.27. The van der Waals surface area contributed by atoms with Gasteiger partial charge in [0.05, 0.1) is 0 Å². The summed E-state index contributed by atoms with van der Waals surface area (Å²) in [7, 11) is -0.907. The van der Waals surface area contributed by atoms with E-state index in [-0.39, 0.29) is 0 Å². The Hall–Kier alpha value is -0.830. The molecule has 0 spiro atoms. The average molecular weight is 239 g/mol. The number of benzene rings is 1. The molecule has 0 aliphatic rings. The summed E-state index contributed by atoms with van der Waals surface area (Å²) in [5.41, 5.74) is 1.06. The van der Waals surface area contributed by atoms with Gasteiger partial charge in [-0.1, -0.05) is 26.3 Å². The molecule has 1 rings (SSSR count). The molecule has 0 saturated heterocycles. The summed E-state index contributed by atoms with van der Waals surface area (Å²) in [5.74, 6) is 0.635. The minimum absolute atomic E-state index is 0.436. The molecule has 1 aromatic rings. The van der Waals surface area contributed by atoms with Crippen molar-refractivity contribution in [2.24, 2.45) is 5.92 Å². The second-order valence-electron chi connectivity index (χ2n) is 4.30. The largest absolute Gasteiger partial charge is 0.382 e. The molecule has 3 heteroatoms. The molecule has 1 aromatic carbocycles. The van der Waals surface area contributed by atoms with Gasteiger partial charge in [-0.25, -0.2) is 0 Å². The predicted molar refractivity (Wildman–Crippen MR) is 71.3 cm³/mol. The van der Waals surface area contributed by atoms with Gasteiger partial charge in [0.25, 0.3) is 0 Å². The van der Waals surface area contributed by atoms with Crippen molar-refractivity contribution < 1.29 is 4.21 Å². The molecular weight excluding hydrogens is 218 g/mol. The van der Waals surface area contributed by atoms with E-state index in [0.717, 1.165) is 17.0 Å². The highest BCUT2D eigenvalue weighted by Crippen LogP contribution is 2.17. The third-order valence-corrected chi connectivity index (χ3v) is 3.98. The average Bonchev–Trinajstić information content (AvgIpc) is 2.28. The van der Waals surface area contributed by atoms with Gasteiger partial charge in [-0.2, -0.15) is 0 Å². The van der Waals surface area contributed by atoms with Crippen molar-refractivity contribution >= 4 is 16.5 Å². The van der Waals surface area contributed by atoms with E-state index >= 15 is 0 Å². The molecule has 0 bridgehead atoms. The van der Waals surface area contributed by atoms with E-state index in [4.69, 9.17) is 0 Å². The van der Waals surface area contributed by atoms with E-state index < -0.39 is 10.8 Å². The van der Waals surface area contributed by atoms with Crippen LogP contribution in [0.2, 0.25) is 0 Å². The first-order valence-corrected chi connectivity index (χ1v) is 7.30. The molecule has 3 atom stereocenters. The van der Waals surface area contributed by atoms with E-state index in [1.165, 1.54) is 0 Å². The van der Waals surface area contributed by atoms with Crippen LogP contribution < -0.4 is 5.32 Å². The Labute approximate surface area is 101 Å². The van der Waals surface area contributed by atoms with Gasteiger partial charge in [0.2, 0.25) is 0 Å². The monoisotopic (exact) mass is 239 g/mol. The summed E-state index contributed by atoms with van der Waals surface area (Å²) < 4.78 is 11.4. The first-order chi connectivity index (χ1) is 7.54. The standard InChI is InChI=1S/C13H21NOS/c1-5-10(2)11(3)14-12-7-6-8-13(9-12)16(4)15/h6-11,14H,5H2,1-4H3. The Bertz CT molecular complexity index is 365. The number of anilines is 1. The molecule has 0 amide bonds. The van der Waals surface area contributed by atoms with Crippen LogP contribution in [0.25, 0.3) is 0 Å². The summed E-state index contributed by atoms with van der Waals surface area (Å²) in [6.07, 6.45) is 2.87. The maximum absolute atomic E-state index is 11.4. The lowest BCUT2D eigenvalue weighted by atomic mass is 10.0. The van der Waals surface area contributed by atoms with Crippen molar-refractivity contribution in [2.75, 3.05) is 11.6 Å². The van der Waals surface area contributed by atoms with Gasteiger partial charge in [-0.05, 0) is 31.0 Å². The van der Waals surface area contributed by atoms with Gasteiger partial charge in [-0.15, -0.1) is 0 Å². The summed E-state index contributed by atoms with van der Waals surface area (Å²) in [6.45, 7) is 6.61. The second kappa shape index (κ2) is 6.04. The van der Waals surface area contributed by atoms with Crippen molar-refractivity contribution in [3.8, 4) is 0 Å². The van der Waals surface area contributed by atoms with Crippen LogP contribution in [-0.4, -0.2) is 16.5 Å². The molecule has 0 aromatic heterocycles. The van der Waals surface area contributed by atoms with Crippen molar-refractivity contribution in [1.29, 1.82) is 0 Å². The molecule has 0 fully saturated rings. The van der Waals surface area contributed by atoms with E-state index in [0.29, 0.717) is 12.0 Å². The Kier molecular flexibility index (Phi) is 5.00. The van der Waals surface area contributed by atoms with Crippen molar-refractivity contribution in [3.63, 3.8) is 0 Å². The minimum atomic E-state index is -0.907. The van der Waals surface area contributed by atoms with Crippen molar-refractivity contribution in [1.82, 2.24) is 0 Å². The van der Waals surface area contributed by atoms with Crippen LogP contribution in [0.3, 0.4) is 0 Å². The van der Waals surface area contributed by atoms with Gasteiger partial charge in [0, 0.05) is 33.7 Å². The van der Waals surface area contributed by atoms with E-state index in [9.17, 15) is 4.21 Å². The molecule has 0 heterocycles. The second-order valence-corrected chi connectivity index (χ2v) is 5.68. The highest BCUT2D eigenvalue weighted by Gasteiger charge is 2.09. The number of nitrogens with one attached hydrogen (secondary N) is 1. The lowest BCUT2D eigenvalue weighted by Gasteiger charge is -2.21. The highest BCUT2D eigenvalue weighted by atomic mass is 32.2. The molecule has 1 N–H and O–H groups in total. The fourth-order valence-electron chi connectivity index (χ4n) is 1.52. The van der Waals surface area contributed by atoms with Gasteiger partial charge in [0.15, 0.2) is 0 Å². The summed E-state index contributed by atoms with van der Waals surface area (Å²) in [5, 5.41) is 3.45. The van der Waals surface area contributed by atoms with Gasteiger partial charge < -0.3 is 5.32 Å². The number of hydrogen-bond donors (Lipinski definition) is 1. The SMILES string of the molecule is CCC(C)C(C)Nc1cccc(S(C)=O)c1. The third-order valence-electron chi connectivity index (χ3n) is 3.06. The zero-order chi connectivity index (χ0) is 12.1. The minimum Gasteiger partial charge on any atom is -0.382 e. The number of rotatable bonds is 5. The van der Waals surface area contributed by atoms with Crippen LogP contribution in [0, 0.1) is 5.92 Å². The van der Waals surface area contributed by atoms with Gasteiger partial charge >= 0.3 is 0 Å². The van der Waals surface area contributed by atoms with Crippen LogP contribution in [0.4, 0.5) is 5.69 Å². The van der Waals surface area contributed by atoms with Crippen LogP contribution in [0.1, 0.15) is 27.2 Å². The van der Waals surface area contributed by atoms with Gasteiger partial charge in [0.1, 0.15) is 0 Å². The lowest BCUT2D eigenvalue weighted by Crippen LogP contribution is -2.23. The normalized spacial score (nSPS) is 16.5. The van der Waals surface area contributed by atoms with Crippen molar-refractivity contribution in [2.45, 2.75) is 38.1 Å². The van der Waals surface area contributed by atoms with Crippen LogP contribution >= 0.6 is 0 Å². The molecule has 16 heavy (non-hydrogen) atoms. The van der Waals surface area contributed by atoms with Crippen molar-refractivity contribution in [3.05, 3.63) is 24.3 Å². The Morgan fingerprint density at radius 3 is 2.62 bits per heavy atom. The molecule has 0 saturated carbocycles. The number of hydrogen-bond acceptors (Lipinski definition) is 2. The first kappa shape index (κ1) is 13.2. The predicted octanol–water partition coefficient (Wildman–Crippen LogP) is 3.27. The van der Waals surface area contributed by atoms with E-state index in [2.05, 4.69) is 26.1 Å². The Balaban J connectivity index is 2.74. The smallest absolute Gasteiger partial charge is 0.0498 e. The fraction of sp³-hybridized carbons (Fsp3) is 0.538. The summed E-state index contributed by atoms with van der Waals surface area (Å²) in [4.78, 5) is 0.876. The maximum Gasteiger partial charge on any atom is 0.0498 e. The van der Waals surface area contributed by atoms with Crippen LogP contribution in [-0.2, 0) is 10.8 Å². The summed E-state index contributed by atoms with van der Waals surface area (Å²) >= 11 is 0. The molecule has 90 valence electrons. The fourth-order valence-corrected chi connectivity index (χ4v) is 2.09. The molecule has 0 aliphatic carbocycles. The van der Waals surface area contributed by atoms with Crippen LogP contribution in [0.5, 0.6) is 0 Å². The Morgan fingerprint density at radius 2 is 2.06 bits per heavy atom. The maximum atomic E-state index is 11.4. The zero-order valence-electron chi connectivity index (χ0n) is 10.5. The quantitative estimate of drug-likeness (QED) is 0.854. The molecule has 0 radical (unpaired) electrons. The van der Waals surface area contributed by atoms with E-state index in [1.807, 2.05) is 24.3 Å². The zero-order valence-corrected chi connectivity index (χ0v) is 11.3. The lowest BCUT2D eigenvalue weighted by molar-refractivity contribution is 0.494. The van der Waals surface area contributed by atoms with Gasteiger partial charge in [-0.3, -0.25) is 4.21 Å². The third kappa shape index (κ3) is 3.63. The highest BCUT2D eigenvalue weighted by molar-refractivity contribution is 7.84. The Morgan fingerprint density at radius 1 is 1.38 bits per heavy atom. The van der Waals surface area contributed by atoms with E-state index in [1.54, 1.807) is 6.26 Å².